The standard InChI is InChI=1S/C16H19NO4/c18-14(12-6-2-1-3-7-12)9-4-10-15(19)21-16(20)13-8-5-11-17-13/h1-3,6-7,13,17H,4-5,8-11H2/t13-/m0/s1. The maximum Gasteiger partial charge on any atom is 0.330 e. The summed E-state index contributed by atoms with van der Waals surface area (Å²) in [5.41, 5.74) is 0.636. The van der Waals surface area contributed by atoms with Crippen LogP contribution in [-0.4, -0.2) is 30.3 Å². The van der Waals surface area contributed by atoms with Crippen molar-refractivity contribution in [1.29, 1.82) is 0 Å². The highest BCUT2D eigenvalue weighted by atomic mass is 16.6. The number of carbonyl (C=O) groups excluding carboxylic acids is 3. The number of hydrogen-bond acceptors (Lipinski definition) is 5. The third-order valence-electron chi connectivity index (χ3n) is 3.44. The fraction of sp³-hybridized carbons (Fsp3) is 0.438. The van der Waals surface area contributed by atoms with E-state index in [0.29, 0.717) is 18.4 Å². The van der Waals surface area contributed by atoms with Crippen molar-refractivity contribution in [3.05, 3.63) is 35.9 Å². The van der Waals surface area contributed by atoms with Gasteiger partial charge in [-0.05, 0) is 25.8 Å². The van der Waals surface area contributed by atoms with Crippen LogP contribution in [0.2, 0.25) is 0 Å². The third kappa shape index (κ3) is 4.79. The summed E-state index contributed by atoms with van der Waals surface area (Å²) in [6, 6.07) is 8.58. The Hall–Kier alpha value is -2.01. The minimum absolute atomic E-state index is 0.00724. The zero-order valence-corrected chi connectivity index (χ0v) is 11.8. The fourth-order valence-electron chi connectivity index (χ4n) is 2.28. The lowest BCUT2D eigenvalue weighted by Crippen LogP contribution is -2.33. The summed E-state index contributed by atoms with van der Waals surface area (Å²) in [6.45, 7) is 0.777. The molecule has 21 heavy (non-hydrogen) atoms. The molecule has 5 nitrogen and oxygen atoms in total. The first-order valence-corrected chi connectivity index (χ1v) is 7.23. The van der Waals surface area contributed by atoms with Crippen molar-refractivity contribution >= 4 is 17.7 Å². The predicted molar refractivity (Wildman–Crippen MR) is 76.7 cm³/mol. The number of rotatable bonds is 6. The Kier molecular flexibility index (Phi) is 5.63. The summed E-state index contributed by atoms with van der Waals surface area (Å²) >= 11 is 0. The number of benzene rings is 1. The summed E-state index contributed by atoms with van der Waals surface area (Å²) in [7, 11) is 0. The summed E-state index contributed by atoms with van der Waals surface area (Å²) in [6.07, 6.45) is 2.36. The van der Waals surface area contributed by atoms with Crippen LogP contribution in [0.1, 0.15) is 42.5 Å². The highest BCUT2D eigenvalue weighted by Crippen LogP contribution is 2.09. The first kappa shape index (κ1) is 15.4. The Morgan fingerprint density at radius 1 is 1.14 bits per heavy atom. The number of Topliss-reactive ketones (excluding diaryl/α,β-unsaturated/α-hetero) is 1. The molecule has 0 spiro atoms. The SMILES string of the molecule is O=C(CCCC(=O)c1ccccc1)OC(=O)[C@@H]1CCCN1. The highest BCUT2D eigenvalue weighted by Gasteiger charge is 2.25. The molecule has 0 aromatic heterocycles. The van der Waals surface area contributed by atoms with Gasteiger partial charge in [-0.1, -0.05) is 30.3 Å². The van der Waals surface area contributed by atoms with Crippen LogP contribution in [0.15, 0.2) is 30.3 Å². The Bertz CT molecular complexity index is 506. The van der Waals surface area contributed by atoms with E-state index in [1.807, 2.05) is 6.07 Å². The number of esters is 2. The number of ether oxygens (including phenoxy) is 1. The van der Waals surface area contributed by atoms with E-state index in [4.69, 9.17) is 4.74 Å². The predicted octanol–water partition coefficient (Wildman–Crippen LogP) is 1.86. The van der Waals surface area contributed by atoms with E-state index in [9.17, 15) is 14.4 Å². The smallest absolute Gasteiger partial charge is 0.330 e. The molecule has 0 aliphatic carbocycles. The first-order chi connectivity index (χ1) is 10.2. The lowest BCUT2D eigenvalue weighted by molar-refractivity contribution is -0.160. The summed E-state index contributed by atoms with van der Waals surface area (Å²) in [5, 5.41) is 2.98. The van der Waals surface area contributed by atoms with Gasteiger partial charge in [-0.15, -0.1) is 0 Å². The maximum absolute atomic E-state index is 11.8. The molecule has 0 bridgehead atoms. The van der Waals surface area contributed by atoms with Gasteiger partial charge < -0.3 is 10.1 Å². The number of nitrogens with one attached hydrogen (secondary N) is 1. The van der Waals surface area contributed by atoms with Crippen LogP contribution < -0.4 is 5.32 Å². The summed E-state index contributed by atoms with van der Waals surface area (Å²) in [4.78, 5) is 35.0. The topological polar surface area (TPSA) is 72.5 Å². The summed E-state index contributed by atoms with van der Waals surface area (Å²) < 4.78 is 4.77. The molecule has 5 heteroatoms. The van der Waals surface area contributed by atoms with Gasteiger partial charge in [0.05, 0.1) is 0 Å². The van der Waals surface area contributed by atoms with Crippen molar-refractivity contribution in [1.82, 2.24) is 5.32 Å². The normalized spacial score (nSPS) is 17.4. The van der Waals surface area contributed by atoms with Crippen LogP contribution in [0.25, 0.3) is 0 Å². The van der Waals surface area contributed by atoms with Gasteiger partial charge in [-0.2, -0.15) is 0 Å². The molecule has 0 radical (unpaired) electrons. The van der Waals surface area contributed by atoms with Gasteiger partial charge in [-0.3, -0.25) is 9.59 Å². The summed E-state index contributed by atoms with van der Waals surface area (Å²) in [5.74, 6) is -1.08. The monoisotopic (exact) mass is 289 g/mol. The van der Waals surface area contributed by atoms with Gasteiger partial charge in [0, 0.05) is 18.4 Å². The average molecular weight is 289 g/mol. The van der Waals surface area contributed by atoms with Crippen molar-refractivity contribution in [2.75, 3.05) is 6.54 Å². The Balaban J connectivity index is 1.67. The second kappa shape index (κ2) is 7.69. The van der Waals surface area contributed by atoms with E-state index in [1.54, 1.807) is 24.3 Å². The molecule has 1 aliphatic rings. The Morgan fingerprint density at radius 3 is 2.57 bits per heavy atom. The lowest BCUT2D eigenvalue weighted by Gasteiger charge is -2.08. The molecular formula is C16H19NO4. The average Bonchev–Trinajstić information content (AvgIpc) is 3.02. The largest absolute Gasteiger partial charge is 0.392 e. The molecule has 1 aromatic carbocycles. The van der Waals surface area contributed by atoms with Crippen molar-refractivity contribution in [3.63, 3.8) is 0 Å². The van der Waals surface area contributed by atoms with Crippen molar-refractivity contribution in [2.45, 2.75) is 38.1 Å². The molecule has 0 unspecified atom stereocenters. The minimum Gasteiger partial charge on any atom is -0.392 e. The maximum atomic E-state index is 11.8. The lowest BCUT2D eigenvalue weighted by atomic mass is 10.1. The minimum atomic E-state index is -0.561. The highest BCUT2D eigenvalue weighted by molar-refractivity contribution is 5.96. The molecule has 1 atom stereocenters. The molecule has 1 fully saturated rings. The molecule has 1 aromatic rings. The van der Waals surface area contributed by atoms with Gasteiger partial charge in [0.25, 0.3) is 0 Å². The molecule has 0 amide bonds. The van der Waals surface area contributed by atoms with Crippen molar-refractivity contribution in [2.24, 2.45) is 0 Å². The van der Waals surface area contributed by atoms with E-state index in [2.05, 4.69) is 5.32 Å². The third-order valence-corrected chi connectivity index (χ3v) is 3.44. The van der Waals surface area contributed by atoms with Gasteiger partial charge in [0.15, 0.2) is 5.78 Å². The van der Waals surface area contributed by atoms with Crippen LogP contribution in [0.3, 0.4) is 0 Å². The molecule has 2 rings (SSSR count). The zero-order valence-electron chi connectivity index (χ0n) is 11.8. The molecule has 1 aliphatic heterocycles. The van der Waals surface area contributed by atoms with Crippen molar-refractivity contribution < 1.29 is 19.1 Å². The van der Waals surface area contributed by atoms with E-state index in [-0.39, 0.29) is 24.7 Å². The molecule has 1 N–H and O–H groups in total. The fourth-order valence-corrected chi connectivity index (χ4v) is 2.28. The second-order valence-corrected chi connectivity index (χ2v) is 5.08. The van der Waals surface area contributed by atoms with Gasteiger partial charge in [0.2, 0.25) is 0 Å². The number of hydrogen-bond donors (Lipinski definition) is 1. The van der Waals surface area contributed by atoms with E-state index < -0.39 is 11.9 Å². The molecule has 1 heterocycles. The number of carbonyl (C=O) groups is 3. The van der Waals surface area contributed by atoms with E-state index in [1.165, 1.54) is 0 Å². The zero-order chi connectivity index (χ0) is 15.1. The van der Waals surface area contributed by atoms with Gasteiger partial charge in [0.1, 0.15) is 6.04 Å². The second-order valence-electron chi connectivity index (χ2n) is 5.08. The quantitative estimate of drug-likeness (QED) is 0.491. The van der Waals surface area contributed by atoms with Crippen LogP contribution in [0, 0.1) is 0 Å². The number of ketones is 1. The Morgan fingerprint density at radius 2 is 1.90 bits per heavy atom. The van der Waals surface area contributed by atoms with Crippen LogP contribution in [0.5, 0.6) is 0 Å². The first-order valence-electron chi connectivity index (χ1n) is 7.23. The van der Waals surface area contributed by atoms with Gasteiger partial charge >= 0.3 is 11.9 Å². The molecule has 112 valence electrons. The molecular weight excluding hydrogens is 270 g/mol. The molecule has 0 saturated carbocycles. The van der Waals surface area contributed by atoms with Crippen molar-refractivity contribution in [3.8, 4) is 0 Å². The van der Waals surface area contributed by atoms with Crippen LogP contribution in [-0.2, 0) is 14.3 Å². The van der Waals surface area contributed by atoms with E-state index in [0.717, 1.165) is 13.0 Å². The molecule has 1 saturated heterocycles. The van der Waals surface area contributed by atoms with Crippen LogP contribution >= 0.6 is 0 Å². The Labute approximate surface area is 123 Å². The van der Waals surface area contributed by atoms with E-state index >= 15 is 0 Å². The van der Waals surface area contributed by atoms with Gasteiger partial charge in [-0.25, -0.2) is 4.79 Å². The van der Waals surface area contributed by atoms with Crippen LogP contribution in [0.4, 0.5) is 0 Å².